The van der Waals surface area contributed by atoms with Gasteiger partial charge in [0.1, 0.15) is 11.5 Å². The van der Waals surface area contributed by atoms with Gasteiger partial charge < -0.3 is 25.4 Å². The fourth-order valence-corrected chi connectivity index (χ4v) is 5.39. The molecule has 2 atom stereocenters. The Kier molecular flexibility index (Phi) is 7.14. The van der Waals surface area contributed by atoms with Gasteiger partial charge in [-0.25, -0.2) is 4.79 Å². The van der Waals surface area contributed by atoms with Crippen LogP contribution in [-0.4, -0.2) is 36.8 Å². The van der Waals surface area contributed by atoms with Gasteiger partial charge in [-0.3, -0.25) is 9.59 Å². The van der Waals surface area contributed by atoms with Crippen molar-refractivity contribution in [1.82, 2.24) is 5.32 Å². The van der Waals surface area contributed by atoms with Crippen LogP contribution in [0.15, 0.2) is 60.7 Å². The number of nitrogens with one attached hydrogen (secondary N) is 3. The lowest BCUT2D eigenvalue weighted by Gasteiger charge is -2.37. The molecule has 0 aromatic heterocycles. The standard InChI is InChI=1S/C31H33N3O5/c1-5-14-32-29(18(2)3)26(36)17-33-20-10-12-24-27(15-20)38-28-16-21(34-19(4)35)11-13-25(28)31(24)23-9-7-6-8-22(23)30(37)39-31/h6-13,15-16,18,29,32-33H,5,14,17H2,1-4H3,(H,34,35)/t29-,31?/m0/s1. The lowest BCUT2D eigenvalue weighted by Crippen LogP contribution is -2.44. The average Bonchev–Trinajstić information content (AvgIpc) is 3.19. The molecule has 1 amide bonds. The van der Waals surface area contributed by atoms with Gasteiger partial charge in [0.15, 0.2) is 11.4 Å². The first kappa shape index (κ1) is 26.4. The molecule has 0 fully saturated rings. The summed E-state index contributed by atoms with van der Waals surface area (Å²) in [7, 11) is 0. The third-order valence-corrected chi connectivity index (χ3v) is 7.13. The first-order chi connectivity index (χ1) is 18.7. The van der Waals surface area contributed by atoms with Gasteiger partial charge in [0, 0.05) is 47.1 Å². The number of carbonyl (C=O) groups is 3. The molecular weight excluding hydrogens is 494 g/mol. The zero-order valence-corrected chi connectivity index (χ0v) is 22.6. The Labute approximate surface area is 228 Å². The minimum atomic E-state index is -1.20. The molecule has 8 heteroatoms. The van der Waals surface area contributed by atoms with Gasteiger partial charge in [0.05, 0.1) is 18.2 Å². The molecular formula is C31H33N3O5. The normalized spacial score (nSPS) is 17.5. The van der Waals surface area contributed by atoms with Crippen LogP contribution in [0.2, 0.25) is 0 Å². The molecule has 0 bridgehead atoms. The smallest absolute Gasteiger partial charge is 0.340 e. The van der Waals surface area contributed by atoms with Crippen LogP contribution in [0.3, 0.4) is 0 Å². The molecule has 2 aliphatic rings. The molecule has 39 heavy (non-hydrogen) atoms. The molecule has 0 aliphatic carbocycles. The maximum absolute atomic E-state index is 13.0. The summed E-state index contributed by atoms with van der Waals surface area (Å²) >= 11 is 0. The summed E-state index contributed by atoms with van der Waals surface area (Å²) in [5.74, 6) is 0.593. The van der Waals surface area contributed by atoms with Crippen LogP contribution in [0.25, 0.3) is 0 Å². The van der Waals surface area contributed by atoms with E-state index in [0.717, 1.165) is 18.5 Å². The van der Waals surface area contributed by atoms with E-state index in [-0.39, 0.29) is 30.2 Å². The van der Waals surface area contributed by atoms with Crippen molar-refractivity contribution in [2.24, 2.45) is 5.92 Å². The third-order valence-electron chi connectivity index (χ3n) is 7.13. The molecule has 1 unspecified atom stereocenters. The second-order valence-electron chi connectivity index (χ2n) is 10.3. The Hall–Kier alpha value is -4.17. The minimum absolute atomic E-state index is 0.0810. The third kappa shape index (κ3) is 4.76. The fraction of sp³-hybridized carbons (Fsp3) is 0.323. The van der Waals surface area contributed by atoms with E-state index in [1.54, 1.807) is 18.2 Å². The molecule has 5 rings (SSSR count). The number of ether oxygens (including phenoxy) is 2. The van der Waals surface area contributed by atoms with Crippen LogP contribution >= 0.6 is 0 Å². The van der Waals surface area contributed by atoms with Crippen molar-refractivity contribution in [3.8, 4) is 11.5 Å². The van der Waals surface area contributed by atoms with E-state index in [1.165, 1.54) is 6.92 Å². The molecule has 0 saturated heterocycles. The summed E-state index contributed by atoms with van der Waals surface area (Å²) in [5.41, 5.74) is 2.64. The van der Waals surface area contributed by atoms with Gasteiger partial charge >= 0.3 is 5.97 Å². The number of hydrogen-bond donors (Lipinski definition) is 3. The molecule has 8 nitrogen and oxygen atoms in total. The number of carbonyl (C=O) groups excluding carboxylic acids is 3. The molecule has 3 aromatic rings. The highest BCUT2D eigenvalue weighted by molar-refractivity contribution is 5.97. The average molecular weight is 528 g/mol. The Bertz CT molecular complexity index is 1450. The zero-order valence-electron chi connectivity index (χ0n) is 22.6. The van der Waals surface area contributed by atoms with Gasteiger partial charge in [-0.2, -0.15) is 0 Å². The maximum atomic E-state index is 13.0. The molecule has 202 valence electrons. The number of ketones is 1. The number of Topliss-reactive ketones (excluding diaryl/α,β-unsaturated/α-hetero) is 1. The van der Waals surface area contributed by atoms with Crippen molar-refractivity contribution >= 4 is 29.0 Å². The zero-order chi connectivity index (χ0) is 27.7. The lowest BCUT2D eigenvalue weighted by molar-refractivity contribution is -0.120. The van der Waals surface area contributed by atoms with Gasteiger partial charge in [-0.05, 0) is 49.2 Å². The van der Waals surface area contributed by atoms with E-state index in [2.05, 4.69) is 22.9 Å². The number of fused-ring (bicyclic) bond motifs is 6. The van der Waals surface area contributed by atoms with Gasteiger partial charge in [0.25, 0.3) is 0 Å². The van der Waals surface area contributed by atoms with Crippen molar-refractivity contribution in [2.75, 3.05) is 23.7 Å². The van der Waals surface area contributed by atoms with E-state index in [9.17, 15) is 14.4 Å². The van der Waals surface area contributed by atoms with Gasteiger partial charge in [0.2, 0.25) is 5.91 Å². The minimum Gasteiger partial charge on any atom is -0.456 e. The Balaban J connectivity index is 1.52. The van der Waals surface area contributed by atoms with E-state index in [4.69, 9.17) is 9.47 Å². The largest absolute Gasteiger partial charge is 0.456 e. The predicted octanol–water partition coefficient (Wildman–Crippen LogP) is 5.22. The summed E-state index contributed by atoms with van der Waals surface area (Å²) in [6.07, 6.45) is 0.951. The van der Waals surface area contributed by atoms with E-state index >= 15 is 0 Å². The summed E-state index contributed by atoms with van der Waals surface area (Å²) in [6.45, 7) is 8.51. The number of esters is 1. The number of amides is 1. The highest BCUT2D eigenvalue weighted by Crippen LogP contribution is 2.56. The Morgan fingerprint density at radius 1 is 0.923 bits per heavy atom. The number of hydrogen-bond acceptors (Lipinski definition) is 7. The summed E-state index contributed by atoms with van der Waals surface area (Å²) in [4.78, 5) is 37.7. The van der Waals surface area contributed by atoms with Crippen molar-refractivity contribution in [2.45, 2.75) is 45.8 Å². The SMILES string of the molecule is CCCN[C@H](C(=O)CNc1ccc2c(c1)Oc1cc(NC(C)=O)ccc1C21OC(=O)c2ccccc21)C(C)C. The molecule has 3 N–H and O–H groups in total. The fourth-order valence-electron chi connectivity index (χ4n) is 5.39. The van der Waals surface area contributed by atoms with E-state index in [0.29, 0.717) is 39.6 Å². The van der Waals surface area contributed by atoms with Crippen molar-refractivity contribution in [3.05, 3.63) is 82.9 Å². The van der Waals surface area contributed by atoms with Crippen LogP contribution in [0.1, 0.15) is 61.2 Å². The van der Waals surface area contributed by atoms with E-state index in [1.807, 2.05) is 56.3 Å². The van der Waals surface area contributed by atoms with Gasteiger partial charge in [-0.15, -0.1) is 0 Å². The Morgan fingerprint density at radius 3 is 2.26 bits per heavy atom. The molecule has 1 spiro atoms. The second-order valence-corrected chi connectivity index (χ2v) is 10.3. The summed E-state index contributed by atoms with van der Waals surface area (Å²) in [5, 5.41) is 9.36. The number of anilines is 2. The van der Waals surface area contributed by atoms with Crippen LogP contribution in [0.4, 0.5) is 11.4 Å². The van der Waals surface area contributed by atoms with Crippen molar-refractivity contribution in [3.63, 3.8) is 0 Å². The van der Waals surface area contributed by atoms with E-state index < -0.39 is 11.6 Å². The predicted molar refractivity (Wildman–Crippen MR) is 149 cm³/mol. The number of benzene rings is 3. The molecule has 0 saturated carbocycles. The molecule has 3 aromatic carbocycles. The lowest BCUT2D eigenvalue weighted by atomic mass is 9.77. The summed E-state index contributed by atoms with van der Waals surface area (Å²) in [6, 6.07) is 18.0. The monoisotopic (exact) mass is 527 g/mol. The van der Waals surface area contributed by atoms with Crippen LogP contribution in [0.5, 0.6) is 11.5 Å². The van der Waals surface area contributed by atoms with Crippen LogP contribution < -0.4 is 20.7 Å². The van der Waals surface area contributed by atoms with Gasteiger partial charge in [-0.1, -0.05) is 39.0 Å². The first-order valence-electron chi connectivity index (χ1n) is 13.3. The maximum Gasteiger partial charge on any atom is 0.340 e. The highest BCUT2D eigenvalue weighted by Gasteiger charge is 2.53. The molecule has 2 aliphatic heterocycles. The Morgan fingerprint density at radius 2 is 1.59 bits per heavy atom. The van der Waals surface area contributed by atoms with Crippen molar-refractivity contribution < 1.29 is 23.9 Å². The molecule has 0 radical (unpaired) electrons. The first-order valence-corrected chi connectivity index (χ1v) is 13.3. The van der Waals surface area contributed by atoms with Crippen LogP contribution in [-0.2, 0) is 19.9 Å². The van der Waals surface area contributed by atoms with Crippen molar-refractivity contribution in [1.29, 1.82) is 0 Å². The quantitative estimate of drug-likeness (QED) is 0.328. The number of rotatable bonds is 9. The summed E-state index contributed by atoms with van der Waals surface area (Å²) < 4.78 is 12.5. The molecule has 2 heterocycles. The highest BCUT2D eigenvalue weighted by atomic mass is 16.6. The second kappa shape index (κ2) is 10.5. The van der Waals surface area contributed by atoms with Crippen LogP contribution in [0, 0.1) is 5.92 Å². The topological polar surface area (TPSA) is 106 Å².